The largest absolute Gasteiger partial charge is 0.495 e. The minimum Gasteiger partial charge on any atom is -0.495 e. The summed E-state index contributed by atoms with van der Waals surface area (Å²) in [5, 5.41) is 6.29. The lowest BCUT2D eigenvalue weighted by molar-refractivity contribution is 0.0964. The van der Waals surface area contributed by atoms with E-state index in [4.69, 9.17) is 22.1 Å². The number of amides is 1. The Balaban J connectivity index is 2.46. The average molecular weight is 306 g/mol. The van der Waals surface area contributed by atoms with Crippen molar-refractivity contribution in [1.29, 1.82) is 0 Å². The van der Waals surface area contributed by atoms with Crippen LogP contribution in [0.1, 0.15) is 10.4 Å². The van der Waals surface area contributed by atoms with Crippen LogP contribution in [0, 0.1) is 0 Å². The van der Waals surface area contributed by atoms with Crippen molar-refractivity contribution in [3.63, 3.8) is 0 Å². The first kappa shape index (κ1) is 15.0. The Bertz CT molecular complexity index is 674. The van der Waals surface area contributed by atoms with Crippen molar-refractivity contribution in [3.05, 3.63) is 47.0 Å². The summed E-state index contributed by atoms with van der Waals surface area (Å²) >= 11 is 6.00. The predicted molar refractivity (Wildman–Crippen MR) is 85.5 cm³/mol. The van der Waals surface area contributed by atoms with E-state index < -0.39 is 0 Å². The molecule has 0 spiro atoms. The maximum atomic E-state index is 11.9. The molecule has 0 radical (unpaired) electrons. The molecule has 0 atom stereocenters. The van der Waals surface area contributed by atoms with Crippen LogP contribution < -0.4 is 21.1 Å². The quantitative estimate of drug-likeness (QED) is 0.759. The smallest absolute Gasteiger partial charge is 0.253 e. The summed E-state index contributed by atoms with van der Waals surface area (Å²) < 4.78 is 5.28. The van der Waals surface area contributed by atoms with Crippen LogP contribution in [0.5, 0.6) is 5.75 Å². The van der Waals surface area contributed by atoms with Gasteiger partial charge in [-0.15, -0.1) is 0 Å². The number of nitrogens with one attached hydrogen (secondary N) is 2. The Hall–Kier alpha value is -2.40. The van der Waals surface area contributed by atoms with Crippen molar-refractivity contribution >= 4 is 34.6 Å². The highest BCUT2D eigenvalue weighted by molar-refractivity contribution is 6.31. The van der Waals surface area contributed by atoms with E-state index in [1.807, 2.05) is 0 Å². The van der Waals surface area contributed by atoms with Gasteiger partial charge in [-0.25, -0.2) is 0 Å². The molecule has 110 valence electrons. The zero-order chi connectivity index (χ0) is 15.4. The first-order chi connectivity index (χ1) is 10.0. The topological polar surface area (TPSA) is 76.4 Å². The molecule has 2 aromatic carbocycles. The van der Waals surface area contributed by atoms with Crippen LogP contribution in [0.15, 0.2) is 36.4 Å². The number of methoxy groups -OCH3 is 1. The van der Waals surface area contributed by atoms with Gasteiger partial charge in [0.2, 0.25) is 0 Å². The van der Waals surface area contributed by atoms with Crippen molar-refractivity contribution < 1.29 is 9.53 Å². The maximum Gasteiger partial charge on any atom is 0.253 e. The van der Waals surface area contributed by atoms with E-state index in [-0.39, 0.29) is 5.91 Å². The third kappa shape index (κ3) is 3.38. The number of benzene rings is 2. The van der Waals surface area contributed by atoms with Gasteiger partial charge in [-0.2, -0.15) is 0 Å². The number of anilines is 3. The molecule has 6 heteroatoms. The minimum atomic E-state index is -0.210. The zero-order valence-electron chi connectivity index (χ0n) is 11.7. The highest BCUT2D eigenvalue weighted by Crippen LogP contribution is 2.32. The summed E-state index contributed by atoms with van der Waals surface area (Å²) in [6.45, 7) is 0. The van der Waals surface area contributed by atoms with Gasteiger partial charge in [0.1, 0.15) is 5.75 Å². The molecule has 0 aliphatic rings. The van der Waals surface area contributed by atoms with Gasteiger partial charge < -0.3 is 21.1 Å². The number of rotatable bonds is 4. The number of ether oxygens (including phenoxy) is 1. The van der Waals surface area contributed by atoms with Crippen molar-refractivity contribution in [1.82, 2.24) is 5.32 Å². The molecule has 2 aromatic rings. The third-order valence-electron chi connectivity index (χ3n) is 2.95. The van der Waals surface area contributed by atoms with Gasteiger partial charge in [-0.1, -0.05) is 11.6 Å². The zero-order valence-corrected chi connectivity index (χ0v) is 12.5. The Morgan fingerprint density at radius 2 is 1.95 bits per heavy atom. The second-order valence-electron chi connectivity index (χ2n) is 4.35. The summed E-state index contributed by atoms with van der Waals surface area (Å²) in [5.74, 6) is 0.406. The molecule has 2 rings (SSSR count). The average Bonchev–Trinajstić information content (AvgIpc) is 2.47. The van der Waals surface area contributed by atoms with Crippen LogP contribution in [0.25, 0.3) is 0 Å². The number of nitrogen functional groups attached to an aromatic ring is 1. The van der Waals surface area contributed by atoms with Crippen LogP contribution in [0.3, 0.4) is 0 Å². The minimum absolute atomic E-state index is 0.210. The monoisotopic (exact) mass is 305 g/mol. The first-order valence-corrected chi connectivity index (χ1v) is 6.65. The SMILES string of the molecule is CNC(=O)c1ccc(N)cc1Nc1cc(Cl)ccc1OC. The van der Waals surface area contributed by atoms with E-state index in [2.05, 4.69) is 10.6 Å². The predicted octanol–water partition coefficient (Wildman–Crippen LogP) is 3.03. The Labute approximate surface area is 128 Å². The number of hydrogen-bond donors (Lipinski definition) is 3. The van der Waals surface area contributed by atoms with Gasteiger partial charge in [0.25, 0.3) is 5.91 Å². The van der Waals surface area contributed by atoms with Gasteiger partial charge in [0.05, 0.1) is 24.0 Å². The number of nitrogens with two attached hydrogens (primary N) is 1. The van der Waals surface area contributed by atoms with Crippen molar-refractivity contribution in [2.24, 2.45) is 0 Å². The molecule has 0 unspecified atom stereocenters. The fourth-order valence-corrected chi connectivity index (χ4v) is 2.09. The number of hydrogen-bond acceptors (Lipinski definition) is 4. The molecule has 0 fully saturated rings. The molecular weight excluding hydrogens is 290 g/mol. The summed E-state index contributed by atoms with van der Waals surface area (Å²) in [5.41, 5.74) is 8.05. The van der Waals surface area contributed by atoms with Crippen LogP contribution in [-0.4, -0.2) is 20.1 Å². The first-order valence-electron chi connectivity index (χ1n) is 6.27. The van der Waals surface area contributed by atoms with Crippen molar-refractivity contribution in [2.45, 2.75) is 0 Å². The molecule has 0 saturated heterocycles. The van der Waals surface area contributed by atoms with E-state index in [0.717, 1.165) is 0 Å². The molecule has 0 heterocycles. The molecule has 21 heavy (non-hydrogen) atoms. The Morgan fingerprint density at radius 3 is 2.62 bits per heavy atom. The van der Waals surface area contributed by atoms with E-state index in [9.17, 15) is 4.79 Å². The standard InChI is InChI=1S/C15H16ClN3O2/c1-18-15(20)11-5-4-10(17)8-12(11)19-13-7-9(16)3-6-14(13)21-2/h3-8,19H,17H2,1-2H3,(H,18,20). The summed E-state index contributed by atoms with van der Waals surface area (Å²) in [7, 11) is 3.13. The lowest BCUT2D eigenvalue weighted by Gasteiger charge is -2.15. The Kier molecular flexibility index (Phi) is 4.55. The van der Waals surface area contributed by atoms with Gasteiger partial charge in [-0.05, 0) is 36.4 Å². The normalized spacial score (nSPS) is 10.0. The van der Waals surface area contributed by atoms with Gasteiger partial charge >= 0.3 is 0 Å². The molecule has 0 aromatic heterocycles. The van der Waals surface area contributed by atoms with Gasteiger partial charge in [0.15, 0.2) is 0 Å². The molecule has 0 aliphatic heterocycles. The molecule has 1 amide bonds. The highest BCUT2D eigenvalue weighted by Gasteiger charge is 2.12. The second kappa shape index (κ2) is 6.37. The summed E-state index contributed by atoms with van der Waals surface area (Å²) in [4.78, 5) is 11.9. The van der Waals surface area contributed by atoms with E-state index in [0.29, 0.717) is 33.4 Å². The Morgan fingerprint density at radius 1 is 1.19 bits per heavy atom. The fraction of sp³-hybridized carbons (Fsp3) is 0.133. The van der Waals surface area contributed by atoms with Crippen molar-refractivity contribution in [2.75, 3.05) is 25.2 Å². The van der Waals surface area contributed by atoms with Crippen LogP contribution in [0.4, 0.5) is 17.1 Å². The number of carbonyl (C=O) groups excluding carboxylic acids is 1. The molecule has 4 N–H and O–H groups in total. The summed E-state index contributed by atoms with van der Waals surface area (Å²) in [6.07, 6.45) is 0. The van der Waals surface area contributed by atoms with Gasteiger partial charge in [0, 0.05) is 17.8 Å². The van der Waals surface area contributed by atoms with Gasteiger partial charge in [-0.3, -0.25) is 4.79 Å². The maximum absolute atomic E-state index is 11.9. The van der Waals surface area contributed by atoms with Crippen LogP contribution >= 0.6 is 11.6 Å². The molecule has 5 nitrogen and oxygen atoms in total. The van der Waals surface area contributed by atoms with E-state index >= 15 is 0 Å². The molecule has 0 bridgehead atoms. The number of carbonyl (C=O) groups is 1. The molecular formula is C15H16ClN3O2. The molecule has 0 saturated carbocycles. The van der Waals surface area contributed by atoms with Crippen LogP contribution in [0.2, 0.25) is 5.02 Å². The van der Waals surface area contributed by atoms with E-state index in [1.54, 1.807) is 50.6 Å². The van der Waals surface area contributed by atoms with Crippen molar-refractivity contribution in [3.8, 4) is 5.75 Å². The lowest BCUT2D eigenvalue weighted by Crippen LogP contribution is -2.19. The second-order valence-corrected chi connectivity index (χ2v) is 4.79. The molecule has 0 aliphatic carbocycles. The summed E-state index contributed by atoms with van der Waals surface area (Å²) in [6, 6.07) is 10.2. The highest BCUT2D eigenvalue weighted by atomic mass is 35.5. The third-order valence-corrected chi connectivity index (χ3v) is 3.18. The van der Waals surface area contributed by atoms with Crippen LogP contribution in [-0.2, 0) is 0 Å². The number of halogens is 1. The fourth-order valence-electron chi connectivity index (χ4n) is 1.92. The lowest BCUT2D eigenvalue weighted by atomic mass is 10.1. The van der Waals surface area contributed by atoms with E-state index in [1.165, 1.54) is 0 Å².